The monoisotopic (exact) mass is 167 g/mol. The third kappa shape index (κ3) is 1.95. The van der Waals surface area contributed by atoms with Gasteiger partial charge in [0.05, 0.1) is 24.5 Å². The molecule has 4 nitrogen and oxygen atoms in total. The van der Waals surface area contributed by atoms with Crippen LogP contribution in [0.2, 0.25) is 0 Å². The van der Waals surface area contributed by atoms with Crippen molar-refractivity contribution in [2.75, 3.05) is 0 Å². The van der Waals surface area contributed by atoms with Gasteiger partial charge in [-0.1, -0.05) is 6.08 Å². The Bertz CT molecular complexity index is 265. The van der Waals surface area contributed by atoms with Gasteiger partial charge in [0.15, 0.2) is 0 Å². The maximum absolute atomic E-state index is 10.9. The van der Waals surface area contributed by atoms with Gasteiger partial charge in [0.25, 0.3) is 5.91 Å². The van der Waals surface area contributed by atoms with E-state index in [9.17, 15) is 9.59 Å². The molecule has 1 aliphatic rings. The molecule has 0 aliphatic carbocycles. The third-order valence-corrected chi connectivity index (χ3v) is 1.32. The van der Waals surface area contributed by atoms with Crippen LogP contribution in [0.1, 0.15) is 13.3 Å². The van der Waals surface area contributed by atoms with Crippen molar-refractivity contribution in [1.29, 1.82) is 0 Å². The number of nitrogens with one attached hydrogen (secondary N) is 1. The number of ether oxygens (including phenoxy) is 1. The summed E-state index contributed by atoms with van der Waals surface area (Å²) in [6.07, 6.45) is 4.51. The molecule has 1 heterocycles. The van der Waals surface area contributed by atoms with Gasteiger partial charge in [0, 0.05) is 0 Å². The molecule has 0 spiro atoms. The fourth-order valence-electron chi connectivity index (χ4n) is 0.800. The van der Waals surface area contributed by atoms with E-state index in [2.05, 4.69) is 5.32 Å². The molecule has 0 saturated carbocycles. The summed E-state index contributed by atoms with van der Waals surface area (Å²) in [6.45, 7) is 1.79. The molecule has 1 fully saturated rings. The fraction of sp³-hybridized carbons (Fsp3) is 0.250. The molecule has 0 unspecified atom stereocenters. The summed E-state index contributed by atoms with van der Waals surface area (Å²) in [7, 11) is 0. The Morgan fingerprint density at radius 2 is 2.25 bits per heavy atom. The molecule has 0 aromatic rings. The first-order valence-electron chi connectivity index (χ1n) is 3.54. The maximum atomic E-state index is 10.9. The van der Waals surface area contributed by atoms with Gasteiger partial charge < -0.3 is 4.74 Å². The van der Waals surface area contributed by atoms with Crippen molar-refractivity contribution in [3.05, 3.63) is 24.2 Å². The molecule has 1 N–H and O–H groups in total. The van der Waals surface area contributed by atoms with Crippen LogP contribution in [0, 0.1) is 0 Å². The highest BCUT2D eigenvalue weighted by Gasteiger charge is 2.23. The zero-order valence-corrected chi connectivity index (χ0v) is 6.66. The first-order chi connectivity index (χ1) is 5.74. The summed E-state index contributed by atoms with van der Waals surface area (Å²) in [5.41, 5.74) is 0.359. The Labute approximate surface area is 69.9 Å². The first-order valence-corrected chi connectivity index (χ1v) is 3.54. The van der Waals surface area contributed by atoms with Crippen LogP contribution in [0.5, 0.6) is 0 Å². The molecular weight excluding hydrogens is 158 g/mol. The third-order valence-electron chi connectivity index (χ3n) is 1.32. The van der Waals surface area contributed by atoms with Gasteiger partial charge in [-0.15, -0.1) is 0 Å². The van der Waals surface area contributed by atoms with Crippen LogP contribution in [0.25, 0.3) is 0 Å². The van der Waals surface area contributed by atoms with Gasteiger partial charge in [0.2, 0.25) is 5.91 Å². The molecule has 1 rings (SSSR count). The Hall–Kier alpha value is -1.58. The molecule has 1 saturated heterocycles. The standard InChI is InChI=1S/C8H9NO3/c1-2-3-12-5-6-4-7(10)9-8(6)11/h2-3,5H,4H2,1H3,(H,9,10,11). The number of hydrogen-bond acceptors (Lipinski definition) is 3. The van der Waals surface area contributed by atoms with Crippen LogP contribution >= 0.6 is 0 Å². The number of hydrogen-bond donors (Lipinski definition) is 1. The lowest BCUT2D eigenvalue weighted by Crippen LogP contribution is -2.19. The SMILES string of the molecule is CC=COC=C1CC(=O)NC1=O. The zero-order chi connectivity index (χ0) is 8.97. The second-order valence-electron chi connectivity index (χ2n) is 2.30. The molecular formula is C8H9NO3. The van der Waals surface area contributed by atoms with Crippen molar-refractivity contribution in [1.82, 2.24) is 5.32 Å². The molecule has 0 bridgehead atoms. The van der Waals surface area contributed by atoms with Gasteiger partial charge >= 0.3 is 0 Å². The number of imide groups is 1. The van der Waals surface area contributed by atoms with E-state index in [1.165, 1.54) is 12.5 Å². The van der Waals surface area contributed by atoms with E-state index in [0.717, 1.165) is 0 Å². The number of carbonyl (C=O) groups excluding carboxylic acids is 2. The molecule has 0 aromatic carbocycles. The lowest BCUT2D eigenvalue weighted by Gasteiger charge is -1.90. The fourth-order valence-corrected chi connectivity index (χ4v) is 0.800. The van der Waals surface area contributed by atoms with Crippen LogP contribution in [0.15, 0.2) is 24.2 Å². The van der Waals surface area contributed by atoms with Crippen LogP contribution in [0.4, 0.5) is 0 Å². The van der Waals surface area contributed by atoms with E-state index in [4.69, 9.17) is 4.74 Å². The molecule has 4 heteroatoms. The van der Waals surface area contributed by atoms with Gasteiger partial charge in [-0.25, -0.2) is 0 Å². The van der Waals surface area contributed by atoms with E-state index < -0.39 is 0 Å². The van der Waals surface area contributed by atoms with Crippen molar-refractivity contribution in [2.24, 2.45) is 0 Å². The summed E-state index contributed by atoms with van der Waals surface area (Å²) in [5, 5.41) is 2.14. The van der Waals surface area contributed by atoms with Crippen molar-refractivity contribution in [2.45, 2.75) is 13.3 Å². The number of amides is 2. The summed E-state index contributed by atoms with van der Waals surface area (Å²) in [6, 6.07) is 0. The lowest BCUT2D eigenvalue weighted by molar-refractivity contribution is -0.124. The quantitative estimate of drug-likeness (QED) is 0.369. The maximum Gasteiger partial charge on any atom is 0.257 e. The highest BCUT2D eigenvalue weighted by Crippen LogP contribution is 2.08. The first kappa shape index (κ1) is 8.52. The minimum Gasteiger partial charge on any atom is -0.472 e. The summed E-state index contributed by atoms with van der Waals surface area (Å²) >= 11 is 0. The summed E-state index contributed by atoms with van der Waals surface area (Å²) in [4.78, 5) is 21.5. The number of carbonyl (C=O) groups is 2. The number of rotatable bonds is 2. The highest BCUT2D eigenvalue weighted by molar-refractivity contribution is 6.13. The minimum absolute atomic E-state index is 0.108. The van der Waals surface area contributed by atoms with E-state index in [1.807, 2.05) is 0 Å². The predicted molar refractivity (Wildman–Crippen MR) is 41.7 cm³/mol. The number of allylic oxidation sites excluding steroid dienone is 1. The Morgan fingerprint density at radius 1 is 1.50 bits per heavy atom. The van der Waals surface area contributed by atoms with E-state index >= 15 is 0 Å². The molecule has 2 amide bonds. The molecule has 64 valence electrons. The second kappa shape index (κ2) is 3.71. The van der Waals surface area contributed by atoms with Crippen LogP contribution in [-0.2, 0) is 14.3 Å². The van der Waals surface area contributed by atoms with E-state index in [0.29, 0.717) is 5.57 Å². The van der Waals surface area contributed by atoms with Crippen LogP contribution in [0.3, 0.4) is 0 Å². The molecule has 0 atom stereocenters. The lowest BCUT2D eigenvalue weighted by atomic mass is 10.2. The normalized spacial score (nSPS) is 20.6. The Balaban J connectivity index is 2.57. The second-order valence-corrected chi connectivity index (χ2v) is 2.30. The van der Waals surface area contributed by atoms with Gasteiger partial charge in [-0.2, -0.15) is 0 Å². The van der Waals surface area contributed by atoms with Gasteiger partial charge in [0.1, 0.15) is 0 Å². The minimum atomic E-state index is -0.371. The van der Waals surface area contributed by atoms with E-state index in [1.54, 1.807) is 13.0 Å². The highest BCUT2D eigenvalue weighted by atomic mass is 16.5. The van der Waals surface area contributed by atoms with Crippen molar-refractivity contribution in [3.63, 3.8) is 0 Å². The molecule has 1 aliphatic heterocycles. The van der Waals surface area contributed by atoms with Crippen molar-refractivity contribution < 1.29 is 14.3 Å². The smallest absolute Gasteiger partial charge is 0.257 e. The van der Waals surface area contributed by atoms with Gasteiger partial charge in [-0.05, 0) is 6.92 Å². The van der Waals surface area contributed by atoms with Crippen molar-refractivity contribution in [3.8, 4) is 0 Å². The summed E-state index contributed by atoms with van der Waals surface area (Å²) in [5.74, 6) is -0.653. The molecule has 12 heavy (non-hydrogen) atoms. The summed E-state index contributed by atoms with van der Waals surface area (Å²) < 4.78 is 4.83. The topological polar surface area (TPSA) is 55.4 Å². The van der Waals surface area contributed by atoms with E-state index in [-0.39, 0.29) is 18.2 Å². The van der Waals surface area contributed by atoms with Crippen LogP contribution in [-0.4, -0.2) is 11.8 Å². The van der Waals surface area contributed by atoms with Gasteiger partial charge in [-0.3, -0.25) is 14.9 Å². The predicted octanol–water partition coefficient (Wildman–Crippen LogP) is 0.467. The largest absolute Gasteiger partial charge is 0.472 e. The average molecular weight is 167 g/mol. The average Bonchev–Trinajstić information content (AvgIpc) is 2.31. The Morgan fingerprint density at radius 3 is 2.75 bits per heavy atom. The Kier molecular flexibility index (Phi) is 2.63. The van der Waals surface area contributed by atoms with Crippen molar-refractivity contribution >= 4 is 11.8 Å². The zero-order valence-electron chi connectivity index (χ0n) is 6.66. The van der Waals surface area contributed by atoms with Crippen LogP contribution < -0.4 is 5.32 Å². The molecule has 0 aromatic heterocycles. The molecule has 0 radical (unpaired) electrons.